The summed E-state index contributed by atoms with van der Waals surface area (Å²) in [5, 5.41) is 12.7. The second kappa shape index (κ2) is 12.0. The molecule has 216 valence electrons. The number of nitrogens with two attached hydrogens (primary N) is 1. The molecule has 1 spiro atoms. The van der Waals surface area contributed by atoms with Crippen LogP contribution in [0.4, 0.5) is 19.1 Å². The number of benzene rings is 1. The third kappa shape index (κ3) is 6.56. The van der Waals surface area contributed by atoms with Crippen LogP contribution in [0.15, 0.2) is 36.4 Å². The zero-order valence-electron chi connectivity index (χ0n) is 21.6. The van der Waals surface area contributed by atoms with Crippen molar-refractivity contribution in [1.82, 2.24) is 15.3 Å². The molecule has 2 heterocycles. The molecule has 7 nitrogen and oxygen atoms in total. The van der Waals surface area contributed by atoms with Gasteiger partial charge in [0.2, 0.25) is 17.9 Å². The molecule has 2 unspecified atom stereocenters. The molecule has 5 rings (SSSR count). The van der Waals surface area contributed by atoms with E-state index in [0.717, 1.165) is 36.8 Å². The fourth-order valence-electron chi connectivity index (χ4n) is 5.83. The first kappa shape index (κ1) is 30.1. The van der Waals surface area contributed by atoms with Gasteiger partial charge in [0.05, 0.1) is 5.69 Å². The van der Waals surface area contributed by atoms with Gasteiger partial charge in [-0.1, -0.05) is 29.8 Å². The second-order valence-electron chi connectivity index (χ2n) is 10.6. The van der Waals surface area contributed by atoms with Crippen molar-refractivity contribution in [2.75, 3.05) is 12.3 Å². The van der Waals surface area contributed by atoms with Gasteiger partial charge in [-0.3, -0.25) is 4.79 Å². The summed E-state index contributed by atoms with van der Waals surface area (Å²) in [6.45, 7) is 0.598. The molecule has 3 atom stereocenters. The van der Waals surface area contributed by atoms with Gasteiger partial charge in [0.1, 0.15) is 6.04 Å². The SMILES string of the molecule is Cl.Nc1nc(O[C@H](c2ccc(Cl)cc2C2=CCCCC2)C(F)(F)F)cc(C2=CCC3(CC2)CNC(C(=O)O)C3)n1. The maximum absolute atomic E-state index is 14.4. The molecule has 3 aliphatic rings. The number of rotatable bonds is 6. The van der Waals surface area contributed by atoms with Gasteiger partial charge in [-0.15, -0.1) is 12.4 Å². The normalized spacial score (nSPS) is 23.6. The molecule has 1 aliphatic heterocycles. The average molecular weight is 599 g/mol. The number of aromatic nitrogens is 2. The lowest BCUT2D eigenvalue weighted by molar-refractivity contribution is -0.198. The van der Waals surface area contributed by atoms with Crippen molar-refractivity contribution in [1.29, 1.82) is 0 Å². The van der Waals surface area contributed by atoms with Crippen LogP contribution in [0.2, 0.25) is 5.02 Å². The van der Waals surface area contributed by atoms with Crippen LogP contribution < -0.4 is 15.8 Å². The Labute approximate surface area is 241 Å². The Morgan fingerprint density at radius 3 is 2.60 bits per heavy atom. The summed E-state index contributed by atoms with van der Waals surface area (Å²) in [5.41, 5.74) is 8.20. The van der Waals surface area contributed by atoms with E-state index in [4.69, 9.17) is 22.1 Å². The molecule has 0 saturated carbocycles. The standard InChI is InChI=1S/C28H30ClF3N4O3.ClH/c29-18-6-7-19(20(12-18)16-4-2-1-3-5-16)24(28(30,31)32)39-23-13-21(35-26(33)36-23)17-8-10-27(11-9-17)14-22(25(37)38)34-15-27;/h4,6-8,12-13,22,24,34H,1-3,5,9-11,14-15H2,(H,37,38)(H2,33,35,36);1H/t22?,24-,27?;/m1./s1. The molecular weight excluding hydrogens is 568 g/mol. The van der Waals surface area contributed by atoms with Crippen LogP contribution in [0, 0.1) is 5.41 Å². The van der Waals surface area contributed by atoms with E-state index in [9.17, 15) is 23.1 Å². The lowest BCUT2D eigenvalue weighted by Gasteiger charge is -2.32. The molecule has 40 heavy (non-hydrogen) atoms. The molecule has 0 radical (unpaired) electrons. The van der Waals surface area contributed by atoms with Crippen molar-refractivity contribution in [3.05, 3.63) is 58.3 Å². The second-order valence-corrected chi connectivity index (χ2v) is 11.0. The molecule has 1 aromatic carbocycles. The Morgan fingerprint density at radius 1 is 1.18 bits per heavy atom. The first-order valence-electron chi connectivity index (χ1n) is 13.1. The number of hydrogen-bond donors (Lipinski definition) is 3. The Bertz CT molecular complexity index is 1330. The smallest absolute Gasteiger partial charge is 0.429 e. The van der Waals surface area contributed by atoms with Crippen molar-refractivity contribution >= 4 is 47.1 Å². The van der Waals surface area contributed by atoms with E-state index < -0.39 is 24.3 Å². The van der Waals surface area contributed by atoms with Gasteiger partial charge in [0.25, 0.3) is 0 Å². The van der Waals surface area contributed by atoms with Crippen LogP contribution in [0.1, 0.15) is 74.3 Å². The van der Waals surface area contributed by atoms with Crippen molar-refractivity contribution in [3.8, 4) is 5.88 Å². The zero-order chi connectivity index (χ0) is 27.8. The Morgan fingerprint density at radius 2 is 1.98 bits per heavy atom. The van der Waals surface area contributed by atoms with E-state index in [1.54, 1.807) is 6.07 Å². The van der Waals surface area contributed by atoms with Crippen LogP contribution >= 0.6 is 24.0 Å². The summed E-state index contributed by atoms with van der Waals surface area (Å²) in [7, 11) is 0. The van der Waals surface area contributed by atoms with E-state index in [1.165, 1.54) is 18.2 Å². The van der Waals surface area contributed by atoms with Crippen molar-refractivity contribution in [2.24, 2.45) is 5.41 Å². The van der Waals surface area contributed by atoms with Gasteiger partial charge in [0.15, 0.2) is 0 Å². The number of nitrogens with one attached hydrogen (secondary N) is 1. The topological polar surface area (TPSA) is 110 Å². The molecule has 2 aromatic rings. The summed E-state index contributed by atoms with van der Waals surface area (Å²) in [6.07, 6.45) is 2.75. The number of nitrogen functional groups attached to an aromatic ring is 1. The lowest BCUT2D eigenvalue weighted by atomic mass is 9.73. The summed E-state index contributed by atoms with van der Waals surface area (Å²) in [6, 6.07) is 5.17. The highest BCUT2D eigenvalue weighted by Crippen LogP contribution is 2.45. The predicted molar refractivity (Wildman–Crippen MR) is 149 cm³/mol. The molecule has 1 aromatic heterocycles. The minimum absolute atomic E-state index is 0. The van der Waals surface area contributed by atoms with Gasteiger partial charge in [-0.05, 0) is 85.6 Å². The molecule has 0 amide bonds. The van der Waals surface area contributed by atoms with Gasteiger partial charge in [-0.2, -0.15) is 18.2 Å². The van der Waals surface area contributed by atoms with Crippen molar-refractivity contribution < 1.29 is 27.8 Å². The molecule has 1 fully saturated rings. The van der Waals surface area contributed by atoms with Crippen molar-refractivity contribution in [3.63, 3.8) is 0 Å². The number of nitrogens with zero attached hydrogens (tertiary/aromatic N) is 2. The fraction of sp³-hybridized carbons (Fsp3) is 0.464. The van der Waals surface area contributed by atoms with E-state index in [1.807, 2.05) is 12.2 Å². The van der Waals surface area contributed by atoms with Crippen LogP contribution in [0.25, 0.3) is 11.1 Å². The predicted octanol–water partition coefficient (Wildman–Crippen LogP) is 6.77. The van der Waals surface area contributed by atoms with Gasteiger partial charge >= 0.3 is 12.1 Å². The van der Waals surface area contributed by atoms with Crippen molar-refractivity contribution in [2.45, 2.75) is 69.7 Å². The van der Waals surface area contributed by atoms with Gasteiger partial charge < -0.3 is 20.9 Å². The van der Waals surface area contributed by atoms with E-state index in [2.05, 4.69) is 15.3 Å². The maximum atomic E-state index is 14.4. The molecule has 0 bridgehead atoms. The number of anilines is 1. The van der Waals surface area contributed by atoms with Gasteiger partial charge in [0, 0.05) is 23.2 Å². The molecule has 2 aliphatic carbocycles. The number of allylic oxidation sites excluding steroid dienone is 4. The molecule has 4 N–H and O–H groups in total. The number of alkyl halides is 3. The third-order valence-electron chi connectivity index (χ3n) is 7.88. The first-order chi connectivity index (χ1) is 18.5. The number of hydrogen-bond acceptors (Lipinski definition) is 6. The first-order valence-corrected chi connectivity index (χ1v) is 13.4. The Kier molecular flexibility index (Phi) is 9.02. The Balaban J connectivity index is 0.00000370. The van der Waals surface area contributed by atoms with Gasteiger partial charge in [-0.25, -0.2) is 4.98 Å². The zero-order valence-corrected chi connectivity index (χ0v) is 23.2. The Hall–Kier alpha value is -2.82. The minimum Gasteiger partial charge on any atom is -0.480 e. The van der Waals surface area contributed by atoms with E-state index in [0.29, 0.717) is 48.5 Å². The number of carbonyl (C=O) groups is 1. The molecular formula is C28H31Cl2F3N4O3. The summed E-state index contributed by atoms with van der Waals surface area (Å²) in [5.74, 6) is -1.33. The maximum Gasteiger partial charge on any atom is 0.429 e. The highest BCUT2D eigenvalue weighted by atomic mass is 35.5. The number of aliphatic carboxylic acids is 1. The van der Waals surface area contributed by atoms with Crippen LogP contribution in [-0.4, -0.2) is 39.8 Å². The lowest BCUT2D eigenvalue weighted by Crippen LogP contribution is -2.30. The highest BCUT2D eigenvalue weighted by molar-refractivity contribution is 6.30. The fourth-order valence-corrected chi connectivity index (χ4v) is 6.00. The quantitative estimate of drug-likeness (QED) is 0.336. The highest BCUT2D eigenvalue weighted by Gasteiger charge is 2.45. The summed E-state index contributed by atoms with van der Waals surface area (Å²) >= 11 is 6.19. The largest absolute Gasteiger partial charge is 0.480 e. The monoisotopic (exact) mass is 598 g/mol. The molecule has 12 heteroatoms. The minimum atomic E-state index is -4.73. The number of carboxylic acid groups (broad SMARTS) is 1. The third-order valence-corrected chi connectivity index (χ3v) is 8.12. The number of ether oxygens (including phenoxy) is 1. The van der Waals surface area contributed by atoms with Crippen LogP contribution in [0.3, 0.4) is 0 Å². The number of halogens is 5. The number of carboxylic acids is 1. The van der Waals surface area contributed by atoms with E-state index in [-0.39, 0.29) is 35.2 Å². The van der Waals surface area contributed by atoms with Crippen LogP contribution in [0.5, 0.6) is 5.88 Å². The van der Waals surface area contributed by atoms with Crippen LogP contribution in [-0.2, 0) is 4.79 Å². The van der Waals surface area contributed by atoms with E-state index >= 15 is 0 Å². The molecule has 1 saturated heterocycles. The summed E-state index contributed by atoms with van der Waals surface area (Å²) in [4.78, 5) is 19.6. The average Bonchev–Trinajstić information content (AvgIpc) is 3.31. The summed E-state index contributed by atoms with van der Waals surface area (Å²) < 4.78 is 48.9.